The number of carbonyl (C=O) groups is 2. The zero-order valence-corrected chi connectivity index (χ0v) is 29.2. The number of benzene rings is 3. The van der Waals surface area contributed by atoms with Crippen LogP contribution in [0.4, 0.5) is 4.79 Å². The molecule has 0 saturated carbocycles. The molecule has 13 heteroatoms. The largest absolute Gasteiger partial charge is 0.488 e. The van der Waals surface area contributed by atoms with Crippen LogP contribution in [0.25, 0.3) is 27.9 Å². The molecule has 53 heavy (non-hydrogen) atoms. The molecule has 6 rings (SSSR count). The van der Waals surface area contributed by atoms with Crippen LogP contribution >= 0.6 is 11.6 Å². The summed E-state index contributed by atoms with van der Waals surface area (Å²) in [7, 11) is 0. The van der Waals surface area contributed by atoms with Crippen LogP contribution in [-0.2, 0) is 19.8 Å². The zero-order chi connectivity index (χ0) is 37.5. The third-order valence-electron chi connectivity index (χ3n) is 8.63. The van der Waals surface area contributed by atoms with Crippen molar-refractivity contribution >= 4 is 29.6 Å². The number of pyridine rings is 2. The van der Waals surface area contributed by atoms with Crippen LogP contribution in [0.3, 0.4) is 0 Å². The van der Waals surface area contributed by atoms with Gasteiger partial charge in [0.15, 0.2) is 6.29 Å². The Balaban J connectivity index is 1.21. The van der Waals surface area contributed by atoms with Crippen molar-refractivity contribution in [2.45, 2.75) is 26.7 Å². The molecule has 0 bridgehead atoms. The second-order valence-corrected chi connectivity index (χ2v) is 12.4. The number of hydrogen-bond donors (Lipinski definition) is 2. The van der Waals surface area contributed by atoms with Gasteiger partial charge in [0, 0.05) is 43.0 Å². The van der Waals surface area contributed by atoms with E-state index < -0.39 is 11.7 Å². The van der Waals surface area contributed by atoms with Crippen LogP contribution in [0.2, 0.25) is 5.02 Å². The smallest absolute Gasteiger partial charge is 0.407 e. The number of carbonyl (C=O) groups excluding carboxylic acids is 1. The molecule has 0 atom stereocenters. The Morgan fingerprint density at radius 2 is 1.74 bits per heavy atom. The molecule has 0 aliphatic heterocycles. The zero-order valence-electron chi connectivity index (χ0n) is 28.4. The van der Waals surface area contributed by atoms with E-state index in [-0.39, 0.29) is 54.8 Å². The molecule has 0 saturated heterocycles. The van der Waals surface area contributed by atoms with Crippen molar-refractivity contribution in [3.8, 4) is 39.8 Å². The number of aromatic nitrogens is 3. The van der Waals surface area contributed by atoms with Gasteiger partial charge in [0.25, 0.3) is 5.56 Å². The average Bonchev–Trinajstić information content (AvgIpc) is 3.17. The quantitative estimate of drug-likeness (QED) is 0.122. The number of ether oxygens (including phenoxy) is 2. The van der Waals surface area contributed by atoms with Crippen LogP contribution in [0, 0.1) is 18.3 Å². The maximum Gasteiger partial charge on any atom is 0.407 e. The minimum atomic E-state index is -1.24. The van der Waals surface area contributed by atoms with Crippen LogP contribution < -0.4 is 15.0 Å². The third kappa shape index (κ3) is 8.18. The number of aliphatic hydroxyl groups is 1. The van der Waals surface area contributed by atoms with E-state index in [0.29, 0.717) is 28.8 Å². The molecule has 3 aromatic heterocycles. The van der Waals surface area contributed by atoms with Crippen LogP contribution in [0.5, 0.6) is 11.5 Å². The lowest BCUT2D eigenvalue weighted by molar-refractivity contribution is 0.111. The Morgan fingerprint density at radius 1 is 0.962 bits per heavy atom. The first-order chi connectivity index (χ1) is 25.7. The lowest BCUT2D eigenvalue weighted by atomic mass is 9.94. The van der Waals surface area contributed by atoms with Gasteiger partial charge < -0.3 is 24.6 Å². The molecular weight excluding hydrogens is 698 g/mol. The van der Waals surface area contributed by atoms with Gasteiger partial charge in [0.05, 0.1) is 34.9 Å². The summed E-state index contributed by atoms with van der Waals surface area (Å²) < 4.78 is 13.4. The molecule has 0 radical (unpaired) electrons. The van der Waals surface area contributed by atoms with Crippen molar-refractivity contribution in [2.24, 2.45) is 0 Å². The maximum atomic E-state index is 13.1. The summed E-state index contributed by atoms with van der Waals surface area (Å²) in [6, 6.07) is 24.2. The molecule has 2 N–H and O–H groups in total. The van der Waals surface area contributed by atoms with Gasteiger partial charge in [-0.1, -0.05) is 48.0 Å². The van der Waals surface area contributed by atoms with Crippen LogP contribution in [0.1, 0.15) is 38.2 Å². The summed E-state index contributed by atoms with van der Waals surface area (Å²) in [5, 5.41) is 28.0. The van der Waals surface area contributed by atoms with Crippen molar-refractivity contribution in [2.75, 3.05) is 13.2 Å². The molecule has 0 aliphatic rings. The van der Waals surface area contributed by atoms with Gasteiger partial charge in [0.2, 0.25) is 0 Å². The molecule has 266 valence electrons. The summed E-state index contributed by atoms with van der Waals surface area (Å²) in [6.45, 7) is 1.60. The highest BCUT2D eigenvalue weighted by Crippen LogP contribution is 2.35. The molecule has 3 heterocycles. The van der Waals surface area contributed by atoms with E-state index in [1.807, 2.05) is 55.5 Å². The summed E-state index contributed by atoms with van der Waals surface area (Å²) in [4.78, 5) is 45.9. The van der Waals surface area contributed by atoms with E-state index in [9.17, 15) is 24.6 Å². The van der Waals surface area contributed by atoms with Gasteiger partial charge >= 0.3 is 6.09 Å². The SMILES string of the molecule is Cc1c(COc2cc(OCc3cncc(C#N)c3)c(C=O)cc2Cl)cccc1-c1cccc(-c2ccn3c(=O)c(CN(CCO)C(=O)O)cnc3c2)c1. The van der Waals surface area contributed by atoms with Gasteiger partial charge in [-0.05, 0) is 70.6 Å². The fraction of sp³-hybridized carbons (Fsp3) is 0.150. The van der Waals surface area contributed by atoms with Crippen LogP contribution in [-0.4, -0.2) is 55.0 Å². The van der Waals surface area contributed by atoms with Gasteiger partial charge in [-0.3, -0.25) is 19.0 Å². The number of aldehydes is 1. The minimum Gasteiger partial charge on any atom is -0.488 e. The second kappa shape index (κ2) is 16.2. The Kier molecular flexibility index (Phi) is 11.1. The number of hydrogen-bond acceptors (Lipinski definition) is 9. The average molecular weight is 730 g/mol. The van der Waals surface area contributed by atoms with E-state index in [1.165, 1.54) is 22.9 Å². The number of nitrogens with zero attached hydrogens (tertiary/aromatic N) is 5. The summed E-state index contributed by atoms with van der Waals surface area (Å²) in [5.74, 6) is 0.615. The molecule has 0 fully saturated rings. The van der Waals surface area contributed by atoms with Crippen LogP contribution in [0.15, 0.2) is 102 Å². The molecule has 1 amide bonds. The summed E-state index contributed by atoms with van der Waals surface area (Å²) in [5.41, 5.74) is 7.09. The molecule has 6 aromatic rings. The van der Waals surface area contributed by atoms with E-state index >= 15 is 0 Å². The molecule has 3 aromatic carbocycles. The predicted molar refractivity (Wildman–Crippen MR) is 197 cm³/mol. The third-order valence-corrected chi connectivity index (χ3v) is 8.92. The molecule has 0 unspecified atom stereocenters. The molecular formula is C40H32ClN5O7. The monoisotopic (exact) mass is 729 g/mol. The van der Waals surface area contributed by atoms with Crippen molar-refractivity contribution in [1.82, 2.24) is 19.3 Å². The van der Waals surface area contributed by atoms with E-state index in [4.69, 9.17) is 26.3 Å². The normalized spacial score (nSPS) is 10.8. The highest BCUT2D eigenvalue weighted by Gasteiger charge is 2.17. The Labute approximate surface area is 308 Å². The first kappa shape index (κ1) is 36.2. The van der Waals surface area contributed by atoms with Crippen molar-refractivity contribution in [1.29, 1.82) is 5.26 Å². The van der Waals surface area contributed by atoms with Crippen molar-refractivity contribution in [3.63, 3.8) is 0 Å². The summed E-state index contributed by atoms with van der Waals surface area (Å²) in [6.07, 6.45) is 5.43. The number of nitriles is 1. The van der Waals surface area contributed by atoms with Crippen molar-refractivity contribution < 1.29 is 29.3 Å². The Morgan fingerprint density at radius 3 is 2.51 bits per heavy atom. The maximum absolute atomic E-state index is 13.1. The van der Waals surface area contributed by atoms with Gasteiger partial charge in [-0.15, -0.1) is 0 Å². The van der Waals surface area contributed by atoms with Crippen molar-refractivity contribution in [3.05, 3.63) is 146 Å². The predicted octanol–water partition coefficient (Wildman–Crippen LogP) is 6.70. The van der Waals surface area contributed by atoms with Gasteiger partial charge in [0.1, 0.15) is 36.4 Å². The number of fused-ring (bicyclic) bond motifs is 1. The minimum absolute atomic E-state index is 0.0827. The first-order valence-corrected chi connectivity index (χ1v) is 16.7. The summed E-state index contributed by atoms with van der Waals surface area (Å²) >= 11 is 6.50. The lowest BCUT2D eigenvalue weighted by Crippen LogP contribution is -2.34. The van der Waals surface area contributed by atoms with Gasteiger partial charge in [-0.25, -0.2) is 9.78 Å². The number of amides is 1. The lowest BCUT2D eigenvalue weighted by Gasteiger charge is -2.17. The Hall–Kier alpha value is -6.55. The standard InChI is InChI=1S/C40H32ClN5O7/c1-25-31(24-53-37-16-36(32(22-48)14-35(37)41)52-23-27-12-26(17-42)18-43-19-27)6-3-7-34(25)30-5-2-4-28(13-30)29-8-9-46-38(15-29)44-20-33(39(46)49)21-45(10-11-47)40(50)51/h2-9,12-16,18-20,22,47H,10-11,21,23-24H2,1H3,(H,50,51). The highest BCUT2D eigenvalue weighted by molar-refractivity contribution is 6.32. The number of halogens is 1. The second-order valence-electron chi connectivity index (χ2n) is 12.0. The topological polar surface area (TPSA) is 167 Å². The van der Waals surface area contributed by atoms with E-state index in [2.05, 4.69) is 9.97 Å². The highest BCUT2D eigenvalue weighted by atomic mass is 35.5. The number of aliphatic hydroxyl groups excluding tert-OH is 1. The molecule has 0 aliphatic carbocycles. The number of carboxylic acid groups (broad SMARTS) is 1. The first-order valence-electron chi connectivity index (χ1n) is 16.4. The van der Waals surface area contributed by atoms with Gasteiger partial charge in [-0.2, -0.15) is 5.26 Å². The fourth-order valence-corrected chi connectivity index (χ4v) is 6.04. The van der Waals surface area contributed by atoms with E-state index in [1.54, 1.807) is 36.7 Å². The molecule has 0 spiro atoms. The fourth-order valence-electron chi connectivity index (χ4n) is 5.81. The number of rotatable bonds is 13. The Bertz CT molecular complexity index is 2440. The van der Waals surface area contributed by atoms with E-state index in [0.717, 1.165) is 38.3 Å². The molecule has 12 nitrogen and oxygen atoms in total.